The van der Waals surface area contributed by atoms with Gasteiger partial charge in [0, 0.05) is 4.88 Å². The number of anilines is 1. The van der Waals surface area contributed by atoms with Crippen LogP contribution in [0.1, 0.15) is 56.9 Å². The lowest BCUT2D eigenvalue weighted by Crippen LogP contribution is -2.18. The van der Waals surface area contributed by atoms with E-state index in [-0.39, 0.29) is 11.7 Å². The van der Waals surface area contributed by atoms with Gasteiger partial charge in [-0.1, -0.05) is 0 Å². The smallest absolute Gasteiger partial charge is 0.341 e. The van der Waals surface area contributed by atoms with Gasteiger partial charge in [0.2, 0.25) is 0 Å². The lowest BCUT2D eigenvalue weighted by Gasteiger charge is -2.11. The van der Waals surface area contributed by atoms with Crippen LogP contribution in [0, 0.1) is 13.8 Å². The molecule has 2 aromatic rings. The molecule has 2 aromatic heterocycles. The average Bonchev–Trinajstić information content (AvgIpc) is 3.31. The van der Waals surface area contributed by atoms with Gasteiger partial charge in [0.05, 0.1) is 18.7 Å². The summed E-state index contributed by atoms with van der Waals surface area (Å²) in [6, 6.07) is 3.52. The molecule has 0 aliphatic carbocycles. The number of rotatable bonds is 6. The van der Waals surface area contributed by atoms with Gasteiger partial charge in [0.15, 0.2) is 5.76 Å². The highest BCUT2D eigenvalue weighted by atomic mass is 32.1. The minimum absolute atomic E-state index is 0.248. The molecule has 1 aliphatic rings. The molecule has 6 nitrogen and oxygen atoms in total. The molecular weight excluding hydrogens is 352 g/mol. The van der Waals surface area contributed by atoms with Crippen LogP contribution in [0.4, 0.5) is 5.00 Å². The van der Waals surface area contributed by atoms with E-state index in [1.807, 2.05) is 19.9 Å². The zero-order valence-electron chi connectivity index (χ0n) is 15.4. The molecule has 0 bridgehead atoms. The zero-order chi connectivity index (χ0) is 18.7. The van der Waals surface area contributed by atoms with E-state index in [0.717, 1.165) is 35.8 Å². The molecule has 0 atom stereocenters. The highest BCUT2D eigenvalue weighted by Gasteiger charge is 2.23. The third kappa shape index (κ3) is 3.99. The number of aryl methyl sites for hydroxylation is 1. The minimum atomic E-state index is -0.418. The predicted molar refractivity (Wildman–Crippen MR) is 101 cm³/mol. The van der Waals surface area contributed by atoms with E-state index in [2.05, 4.69) is 10.2 Å². The van der Waals surface area contributed by atoms with E-state index in [4.69, 9.17) is 9.15 Å². The summed E-state index contributed by atoms with van der Waals surface area (Å²) in [5, 5.41) is 3.31. The van der Waals surface area contributed by atoms with Gasteiger partial charge in [-0.25, -0.2) is 4.79 Å². The molecule has 140 valence electrons. The van der Waals surface area contributed by atoms with Gasteiger partial charge in [-0.05, 0) is 64.4 Å². The Balaban J connectivity index is 1.73. The largest absolute Gasteiger partial charge is 0.462 e. The van der Waals surface area contributed by atoms with Gasteiger partial charge in [-0.2, -0.15) is 0 Å². The van der Waals surface area contributed by atoms with Crippen LogP contribution in [0.5, 0.6) is 0 Å². The SMILES string of the molecule is CCOC(=O)c1c(NC(=O)c2ccc(CN3CCCC3)o2)sc(C)c1C. The molecule has 0 unspecified atom stereocenters. The molecule has 7 heteroatoms. The van der Waals surface area contributed by atoms with Crippen molar-refractivity contribution in [3.05, 3.63) is 39.7 Å². The minimum Gasteiger partial charge on any atom is -0.462 e. The fourth-order valence-corrected chi connectivity index (χ4v) is 4.12. The molecular formula is C19H24N2O4S. The predicted octanol–water partition coefficient (Wildman–Crippen LogP) is 3.98. The fraction of sp³-hybridized carbons (Fsp3) is 0.474. The molecule has 3 rings (SSSR count). The Morgan fingerprint density at radius 1 is 1.27 bits per heavy atom. The summed E-state index contributed by atoms with van der Waals surface area (Å²) < 4.78 is 10.8. The Bertz CT molecular complexity index is 803. The molecule has 0 spiro atoms. The molecule has 1 fully saturated rings. The monoisotopic (exact) mass is 376 g/mol. The van der Waals surface area contributed by atoms with Crippen molar-refractivity contribution < 1.29 is 18.7 Å². The van der Waals surface area contributed by atoms with Gasteiger partial charge < -0.3 is 14.5 Å². The molecule has 1 aliphatic heterocycles. The van der Waals surface area contributed by atoms with Crippen LogP contribution in [-0.2, 0) is 11.3 Å². The number of nitrogens with one attached hydrogen (secondary N) is 1. The molecule has 26 heavy (non-hydrogen) atoms. The van der Waals surface area contributed by atoms with Crippen molar-refractivity contribution in [2.45, 2.75) is 40.2 Å². The number of hydrogen-bond donors (Lipinski definition) is 1. The van der Waals surface area contributed by atoms with Gasteiger partial charge in [0.1, 0.15) is 10.8 Å². The number of esters is 1. The Hall–Kier alpha value is -2.12. The van der Waals surface area contributed by atoms with Crippen molar-refractivity contribution in [2.75, 3.05) is 25.0 Å². The lowest BCUT2D eigenvalue weighted by molar-refractivity contribution is 0.0527. The van der Waals surface area contributed by atoms with E-state index >= 15 is 0 Å². The van der Waals surface area contributed by atoms with E-state index in [9.17, 15) is 9.59 Å². The summed E-state index contributed by atoms with van der Waals surface area (Å²) in [7, 11) is 0. The second-order valence-corrected chi connectivity index (χ2v) is 7.64. The molecule has 1 saturated heterocycles. The number of nitrogens with zero attached hydrogens (tertiary/aromatic N) is 1. The van der Waals surface area contributed by atoms with Crippen molar-refractivity contribution in [3.63, 3.8) is 0 Å². The molecule has 1 amide bonds. The van der Waals surface area contributed by atoms with E-state index < -0.39 is 5.97 Å². The van der Waals surface area contributed by atoms with Crippen molar-refractivity contribution in [2.24, 2.45) is 0 Å². The van der Waals surface area contributed by atoms with Gasteiger partial charge in [0.25, 0.3) is 5.91 Å². The Morgan fingerprint density at radius 2 is 2.00 bits per heavy atom. The summed E-state index contributed by atoms with van der Waals surface area (Å²) in [6.07, 6.45) is 2.42. The number of amides is 1. The highest BCUT2D eigenvalue weighted by molar-refractivity contribution is 7.16. The number of carbonyl (C=O) groups excluding carboxylic acids is 2. The van der Waals surface area contributed by atoms with Crippen molar-refractivity contribution in [1.29, 1.82) is 0 Å². The van der Waals surface area contributed by atoms with Crippen LogP contribution < -0.4 is 5.32 Å². The van der Waals surface area contributed by atoms with E-state index in [0.29, 0.717) is 17.2 Å². The first-order chi connectivity index (χ1) is 12.5. The summed E-state index contributed by atoms with van der Waals surface area (Å²) in [5.74, 6) is 0.252. The number of hydrogen-bond acceptors (Lipinski definition) is 6. The summed E-state index contributed by atoms with van der Waals surface area (Å²) >= 11 is 1.37. The number of carbonyl (C=O) groups is 2. The zero-order valence-corrected chi connectivity index (χ0v) is 16.2. The molecule has 3 heterocycles. The van der Waals surface area contributed by atoms with Crippen LogP contribution in [-0.4, -0.2) is 36.5 Å². The maximum absolute atomic E-state index is 12.6. The topological polar surface area (TPSA) is 71.8 Å². The first-order valence-electron chi connectivity index (χ1n) is 8.89. The number of ether oxygens (including phenoxy) is 1. The molecule has 0 radical (unpaired) electrons. The second-order valence-electron chi connectivity index (χ2n) is 6.41. The van der Waals surface area contributed by atoms with Crippen molar-refractivity contribution >= 4 is 28.2 Å². The van der Waals surface area contributed by atoms with E-state index in [1.54, 1.807) is 13.0 Å². The van der Waals surface area contributed by atoms with Crippen LogP contribution in [0.3, 0.4) is 0 Å². The first kappa shape index (κ1) is 18.7. The van der Waals surface area contributed by atoms with Gasteiger partial charge >= 0.3 is 5.97 Å². The van der Waals surface area contributed by atoms with Crippen LogP contribution in [0.2, 0.25) is 0 Å². The number of furan rings is 1. The fourth-order valence-electron chi connectivity index (χ4n) is 3.07. The Kier molecular flexibility index (Phi) is 5.78. The third-order valence-corrected chi connectivity index (χ3v) is 5.68. The number of likely N-dealkylation sites (tertiary alicyclic amines) is 1. The summed E-state index contributed by atoms with van der Waals surface area (Å²) in [4.78, 5) is 28.1. The second kappa shape index (κ2) is 8.05. The average molecular weight is 376 g/mol. The number of thiophene rings is 1. The molecule has 1 N–H and O–H groups in total. The highest BCUT2D eigenvalue weighted by Crippen LogP contribution is 2.33. The van der Waals surface area contributed by atoms with Crippen molar-refractivity contribution in [1.82, 2.24) is 4.90 Å². The van der Waals surface area contributed by atoms with Crippen LogP contribution >= 0.6 is 11.3 Å². The maximum atomic E-state index is 12.6. The first-order valence-corrected chi connectivity index (χ1v) is 9.70. The third-order valence-electron chi connectivity index (χ3n) is 4.56. The molecule has 0 saturated carbocycles. The Labute approximate surface area is 157 Å². The lowest BCUT2D eigenvalue weighted by atomic mass is 10.1. The maximum Gasteiger partial charge on any atom is 0.341 e. The van der Waals surface area contributed by atoms with Crippen LogP contribution in [0.25, 0.3) is 0 Å². The normalized spacial score (nSPS) is 14.6. The Morgan fingerprint density at radius 3 is 2.69 bits per heavy atom. The van der Waals surface area contributed by atoms with E-state index in [1.165, 1.54) is 24.2 Å². The summed E-state index contributed by atoms with van der Waals surface area (Å²) in [6.45, 7) is 8.68. The van der Waals surface area contributed by atoms with Crippen LogP contribution in [0.15, 0.2) is 16.5 Å². The van der Waals surface area contributed by atoms with Gasteiger partial charge in [-0.15, -0.1) is 11.3 Å². The van der Waals surface area contributed by atoms with Crippen molar-refractivity contribution in [3.8, 4) is 0 Å². The summed E-state index contributed by atoms with van der Waals surface area (Å²) in [5.41, 5.74) is 1.25. The van der Waals surface area contributed by atoms with Gasteiger partial charge in [-0.3, -0.25) is 9.69 Å². The standard InChI is InChI=1S/C19H24N2O4S/c1-4-24-19(23)16-12(2)13(3)26-18(16)20-17(22)15-8-7-14(25-15)11-21-9-5-6-10-21/h7-8H,4-6,9-11H2,1-3H3,(H,20,22). The molecule has 0 aromatic carbocycles. The quantitative estimate of drug-likeness (QED) is 0.772.